The summed E-state index contributed by atoms with van der Waals surface area (Å²) < 4.78 is 0.748. The molecule has 1 heterocycles. The molecule has 110 valence electrons. The van der Waals surface area contributed by atoms with Crippen LogP contribution >= 0.6 is 34.7 Å². The van der Waals surface area contributed by atoms with E-state index in [-0.39, 0.29) is 5.91 Å². The van der Waals surface area contributed by atoms with Gasteiger partial charge in [0, 0.05) is 21.9 Å². The molecule has 0 spiro atoms. The number of carbonyl (C=O) groups excluding carboxylic acids is 2. The molecule has 2 amide bonds. The first kappa shape index (κ1) is 15.9. The number of carbonyl (C=O) groups is 2. The Labute approximate surface area is 135 Å². The number of halogens is 1. The molecule has 0 aliphatic rings. The second kappa shape index (κ2) is 7.49. The van der Waals surface area contributed by atoms with E-state index in [1.165, 1.54) is 23.1 Å². The fourth-order valence-corrected chi connectivity index (χ4v) is 3.65. The number of hydrogen-bond acceptors (Lipinski definition) is 4. The lowest BCUT2D eigenvalue weighted by molar-refractivity contribution is -0.113. The fraction of sp³-hybridized carbons (Fsp3) is 0.143. The van der Waals surface area contributed by atoms with Gasteiger partial charge in [0.05, 0.1) is 10.1 Å². The van der Waals surface area contributed by atoms with Gasteiger partial charge in [-0.25, -0.2) is 0 Å². The van der Waals surface area contributed by atoms with Crippen LogP contribution in [0.5, 0.6) is 0 Å². The molecule has 0 aliphatic carbocycles. The van der Waals surface area contributed by atoms with Gasteiger partial charge < -0.3 is 11.1 Å². The number of nitrogens with one attached hydrogen (secondary N) is 1. The number of thiophene rings is 1. The maximum Gasteiger partial charge on any atom is 0.248 e. The normalized spacial score (nSPS) is 10.3. The summed E-state index contributed by atoms with van der Waals surface area (Å²) in [6.45, 7) is 0. The third kappa shape index (κ3) is 5.08. The second-order valence-corrected chi connectivity index (χ2v) is 6.98. The van der Waals surface area contributed by atoms with Gasteiger partial charge in [-0.2, -0.15) is 0 Å². The van der Waals surface area contributed by atoms with Gasteiger partial charge in [-0.15, -0.1) is 23.1 Å². The van der Waals surface area contributed by atoms with Gasteiger partial charge in [0.15, 0.2) is 0 Å². The first-order valence-corrected chi connectivity index (χ1v) is 8.41. The Morgan fingerprint density at radius 2 is 2.10 bits per heavy atom. The van der Waals surface area contributed by atoms with Crippen molar-refractivity contribution in [1.82, 2.24) is 0 Å². The first-order valence-electron chi connectivity index (χ1n) is 6.06. The van der Waals surface area contributed by atoms with Crippen LogP contribution in [0, 0.1) is 0 Å². The van der Waals surface area contributed by atoms with Crippen LogP contribution in [0.15, 0.2) is 36.4 Å². The lowest BCUT2D eigenvalue weighted by Gasteiger charge is -2.06. The van der Waals surface area contributed by atoms with E-state index in [2.05, 4.69) is 5.32 Å². The van der Waals surface area contributed by atoms with Crippen LogP contribution < -0.4 is 11.1 Å². The van der Waals surface area contributed by atoms with Crippen molar-refractivity contribution in [1.29, 1.82) is 0 Å². The summed E-state index contributed by atoms with van der Waals surface area (Å²) in [4.78, 5) is 24.0. The number of amides is 2. The lowest BCUT2D eigenvalue weighted by atomic mass is 10.2. The Morgan fingerprint density at radius 3 is 2.76 bits per heavy atom. The van der Waals surface area contributed by atoms with Crippen LogP contribution in [0.2, 0.25) is 4.34 Å². The van der Waals surface area contributed by atoms with E-state index in [1.54, 1.807) is 24.3 Å². The molecule has 1 aromatic heterocycles. The van der Waals surface area contributed by atoms with Crippen molar-refractivity contribution in [3.63, 3.8) is 0 Å². The molecule has 7 heteroatoms. The number of rotatable bonds is 6. The van der Waals surface area contributed by atoms with E-state index in [9.17, 15) is 9.59 Å². The van der Waals surface area contributed by atoms with Gasteiger partial charge >= 0.3 is 0 Å². The van der Waals surface area contributed by atoms with Crippen molar-refractivity contribution in [3.8, 4) is 0 Å². The molecular weight excluding hydrogens is 328 g/mol. The maximum atomic E-state index is 11.8. The molecule has 0 bridgehead atoms. The minimum Gasteiger partial charge on any atom is -0.366 e. The van der Waals surface area contributed by atoms with Crippen molar-refractivity contribution < 1.29 is 9.59 Å². The summed E-state index contributed by atoms with van der Waals surface area (Å²) in [5.41, 5.74) is 6.13. The summed E-state index contributed by atoms with van der Waals surface area (Å²) in [6.07, 6.45) is 0. The van der Waals surface area contributed by atoms with Crippen molar-refractivity contribution >= 4 is 52.2 Å². The molecule has 0 saturated carbocycles. The number of benzene rings is 1. The summed E-state index contributed by atoms with van der Waals surface area (Å²) >= 11 is 8.86. The van der Waals surface area contributed by atoms with Crippen LogP contribution in [0.3, 0.4) is 0 Å². The van der Waals surface area contributed by atoms with Crippen molar-refractivity contribution in [2.24, 2.45) is 5.73 Å². The van der Waals surface area contributed by atoms with E-state index in [4.69, 9.17) is 17.3 Å². The molecule has 2 aromatic rings. The Hall–Kier alpha value is -1.50. The van der Waals surface area contributed by atoms with Crippen LogP contribution in [0.4, 0.5) is 5.69 Å². The number of primary amides is 1. The van der Waals surface area contributed by atoms with Crippen molar-refractivity contribution in [3.05, 3.63) is 51.2 Å². The molecule has 0 radical (unpaired) electrons. The number of anilines is 1. The third-order valence-electron chi connectivity index (χ3n) is 2.54. The molecule has 1 aromatic carbocycles. The smallest absolute Gasteiger partial charge is 0.248 e. The molecular formula is C14H13ClN2O2S2. The molecule has 0 saturated heterocycles. The zero-order valence-electron chi connectivity index (χ0n) is 11.0. The van der Waals surface area contributed by atoms with Gasteiger partial charge in [0.2, 0.25) is 11.8 Å². The third-order valence-corrected chi connectivity index (χ3v) is 4.93. The number of thioether (sulfide) groups is 1. The Kier molecular flexibility index (Phi) is 5.67. The highest BCUT2D eigenvalue weighted by atomic mass is 35.5. The number of hydrogen-bond donors (Lipinski definition) is 2. The zero-order valence-corrected chi connectivity index (χ0v) is 13.4. The van der Waals surface area contributed by atoms with Gasteiger partial charge in [-0.3, -0.25) is 9.59 Å². The topological polar surface area (TPSA) is 72.2 Å². The molecule has 4 nitrogen and oxygen atoms in total. The summed E-state index contributed by atoms with van der Waals surface area (Å²) in [6, 6.07) is 10.4. The van der Waals surface area contributed by atoms with Crippen molar-refractivity contribution in [2.75, 3.05) is 11.1 Å². The van der Waals surface area contributed by atoms with Gasteiger partial charge in [-0.1, -0.05) is 17.7 Å². The molecule has 0 aliphatic heterocycles. The van der Waals surface area contributed by atoms with Crippen LogP contribution in [-0.2, 0) is 10.5 Å². The predicted molar refractivity (Wildman–Crippen MR) is 89.1 cm³/mol. The van der Waals surface area contributed by atoms with E-state index in [0.717, 1.165) is 15.0 Å². The fourth-order valence-electron chi connectivity index (χ4n) is 1.62. The minimum atomic E-state index is -0.518. The van der Waals surface area contributed by atoms with Crippen molar-refractivity contribution in [2.45, 2.75) is 5.75 Å². The van der Waals surface area contributed by atoms with Crippen LogP contribution in [0.25, 0.3) is 0 Å². The Balaban J connectivity index is 1.81. The Bertz CT molecular complexity index is 658. The van der Waals surface area contributed by atoms with E-state index in [0.29, 0.717) is 17.0 Å². The average molecular weight is 341 g/mol. The molecule has 3 N–H and O–H groups in total. The minimum absolute atomic E-state index is 0.121. The molecule has 0 fully saturated rings. The van der Waals surface area contributed by atoms with Gasteiger partial charge in [0.25, 0.3) is 0 Å². The summed E-state index contributed by atoms with van der Waals surface area (Å²) in [7, 11) is 0. The SMILES string of the molecule is NC(=O)c1cccc(NC(=O)CSCc2ccc(Cl)s2)c1. The predicted octanol–water partition coefficient (Wildman–Crippen LogP) is 3.37. The Morgan fingerprint density at radius 1 is 1.29 bits per heavy atom. The van der Waals surface area contributed by atoms with Gasteiger partial charge in [-0.05, 0) is 30.3 Å². The molecule has 2 rings (SSSR count). The summed E-state index contributed by atoms with van der Waals surface area (Å²) in [5.74, 6) is 0.432. The maximum absolute atomic E-state index is 11.8. The van der Waals surface area contributed by atoms with Crippen LogP contribution in [-0.4, -0.2) is 17.6 Å². The quantitative estimate of drug-likeness (QED) is 0.846. The molecule has 21 heavy (non-hydrogen) atoms. The largest absolute Gasteiger partial charge is 0.366 e. The lowest BCUT2D eigenvalue weighted by Crippen LogP contribution is -2.15. The highest BCUT2D eigenvalue weighted by Crippen LogP contribution is 2.25. The zero-order chi connectivity index (χ0) is 15.2. The monoisotopic (exact) mass is 340 g/mol. The second-order valence-electron chi connectivity index (χ2n) is 4.19. The average Bonchev–Trinajstić information content (AvgIpc) is 2.84. The highest BCUT2D eigenvalue weighted by Gasteiger charge is 2.06. The van der Waals surface area contributed by atoms with Gasteiger partial charge in [0.1, 0.15) is 0 Å². The van der Waals surface area contributed by atoms with E-state index < -0.39 is 5.91 Å². The first-order chi connectivity index (χ1) is 10.0. The highest BCUT2D eigenvalue weighted by molar-refractivity contribution is 7.99. The number of nitrogens with two attached hydrogens (primary N) is 1. The summed E-state index contributed by atoms with van der Waals surface area (Å²) in [5, 5.41) is 2.74. The van der Waals surface area contributed by atoms with E-state index >= 15 is 0 Å². The standard InChI is InChI=1S/C14H13ClN2O2S2/c15-12-5-4-11(21-12)7-20-8-13(18)17-10-3-1-2-9(6-10)14(16)19/h1-6H,7-8H2,(H2,16,19)(H,17,18). The van der Waals surface area contributed by atoms with E-state index in [1.807, 2.05) is 12.1 Å². The molecule has 0 atom stereocenters. The van der Waals surface area contributed by atoms with Crippen LogP contribution in [0.1, 0.15) is 15.2 Å². The molecule has 0 unspecified atom stereocenters.